The second-order valence-electron chi connectivity index (χ2n) is 5.68. The highest BCUT2D eigenvalue weighted by molar-refractivity contribution is 7.90. The minimum atomic E-state index is -3.34. The topological polar surface area (TPSA) is 109 Å². The molecule has 3 rings (SSSR count). The lowest BCUT2D eigenvalue weighted by atomic mass is 10.1. The van der Waals surface area contributed by atoms with E-state index >= 15 is 0 Å². The van der Waals surface area contributed by atoms with E-state index in [1.165, 1.54) is 18.7 Å². The average molecular weight is 335 g/mol. The van der Waals surface area contributed by atoms with Gasteiger partial charge in [0, 0.05) is 31.5 Å². The van der Waals surface area contributed by atoms with Crippen LogP contribution in [0.5, 0.6) is 0 Å². The summed E-state index contributed by atoms with van der Waals surface area (Å²) < 4.78 is 23.6. The van der Waals surface area contributed by atoms with Crippen molar-refractivity contribution in [2.75, 3.05) is 19.3 Å². The van der Waals surface area contributed by atoms with E-state index in [4.69, 9.17) is 0 Å². The normalized spacial score (nSPS) is 18.3. The molecule has 1 fully saturated rings. The van der Waals surface area contributed by atoms with Gasteiger partial charge in [-0.15, -0.1) is 0 Å². The highest BCUT2D eigenvalue weighted by Crippen LogP contribution is 2.30. The van der Waals surface area contributed by atoms with Gasteiger partial charge < -0.3 is 4.90 Å². The summed E-state index contributed by atoms with van der Waals surface area (Å²) in [6, 6.07) is 0. The fraction of sp³-hybridized carbons (Fsp3) is 0.429. The number of sulfone groups is 1. The largest absolute Gasteiger partial charge is 0.338 e. The monoisotopic (exact) mass is 335 g/mol. The van der Waals surface area contributed by atoms with E-state index in [0.717, 1.165) is 6.26 Å². The molecular weight excluding hydrogens is 318 g/mol. The Hall–Kier alpha value is -2.29. The molecule has 1 aliphatic heterocycles. The number of likely N-dealkylation sites (tertiary alicyclic amines) is 1. The van der Waals surface area contributed by atoms with Gasteiger partial charge in [-0.25, -0.2) is 18.4 Å². The molecule has 0 aliphatic carbocycles. The molecule has 1 unspecified atom stereocenters. The van der Waals surface area contributed by atoms with E-state index in [1.807, 2.05) is 0 Å². The van der Waals surface area contributed by atoms with Crippen molar-refractivity contribution >= 4 is 15.7 Å². The molecule has 122 valence electrons. The minimum absolute atomic E-state index is 0.0730. The van der Waals surface area contributed by atoms with Gasteiger partial charge in [0.2, 0.25) is 0 Å². The molecular formula is C14H17N5O3S. The van der Waals surface area contributed by atoms with Gasteiger partial charge in [-0.2, -0.15) is 5.10 Å². The lowest BCUT2D eigenvalue weighted by molar-refractivity contribution is 0.0789. The Bertz CT molecular complexity index is 846. The third-order valence-corrected chi connectivity index (χ3v) is 5.18. The van der Waals surface area contributed by atoms with Crippen LogP contribution in [-0.4, -0.2) is 58.7 Å². The summed E-state index contributed by atoms with van der Waals surface area (Å²) >= 11 is 0. The number of hydrogen-bond acceptors (Lipinski definition) is 6. The summed E-state index contributed by atoms with van der Waals surface area (Å²) in [5.41, 5.74) is 1.68. The molecule has 1 amide bonds. The van der Waals surface area contributed by atoms with Crippen molar-refractivity contribution in [3.05, 3.63) is 35.7 Å². The van der Waals surface area contributed by atoms with Crippen LogP contribution < -0.4 is 0 Å². The van der Waals surface area contributed by atoms with Gasteiger partial charge >= 0.3 is 0 Å². The Morgan fingerprint density at radius 3 is 2.87 bits per heavy atom. The van der Waals surface area contributed by atoms with Crippen molar-refractivity contribution in [1.29, 1.82) is 0 Å². The van der Waals surface area contributed by atoms with Crippen LogP contribution in [0.3, 0.4) is 0 Å². The van der Waals surface area contributed by atoms with E-state index in [9.17, 15) is 13.2 Å². The molecule has 0 aromatic carbocycles. The van der Waals surface area contributed by atoms with Gasteiger partial charge in [0.05, 0.1) is 23.1 Å². The molecule has 1 aliphatic rings. The highest BCUT2D eigenvalue weighted by atomic mass is 32.2. The Morgan fingerprint density at radius 2 is 2.17 bits per heavy atom. The molecule has 2 aromatic heterocycles. The molecule has 9 heteroatoms. The molecule has 3 heterocycles. The number of aromatic nitrogens is 4. The zero-order chi connectivity index (χ0) is 16.6. The van der Waals surface area contributed by atoms with Crippen LogP contribution in [0.15, 0.2) is 23.6 Å². The number of aryl methyl sites for hydroxylation is 1. The van der Waals surface area contributed by atoms with E-state index in [0.29, 0.717) is 36.5 Å². The average Bonchev–Trinajstić information content (AvgIpc) is 3.15. The number of aromatic amines is 1. The van der Waals surface area contributed by atoms with Crippen LogP contribution in [0, 0.1) is 6.92 Å². The van der Waals surface area contributed by atoms with E-state index in [-0.39, 0.29) is 16.7 Å². The first-order chi connectivity index (χ1) is 10.9. The third kappa shape index (κ3) is 2.96. The number of carbonyl (C=O) groups excluding carboxylic acids is 1. The molecule has 0 saturated carbocycles. The first-order valence-electron chi connectivity index (χ1n) is 7.17. The van der Waals surface area contributed by atoms with E-state index in [2.05, 4.69) is 20.2 Å². The molecule has 0 spiro atoms. The number of nitrogens with one attached hydrogen (secondary N) is 1. The van der Waals surface area contributed by atoms with Crippen molar-refractivity contribution < 1.29 is 13.2 Å². The van der Waals surface area contributed by atoms with Crippen LogP contribution in [0.2, 0.25) is 0 Å². The number of H-pyrrole nitrogens is 1. The summed E-state index contributed by atoms with van der Waals surface area (Å²) in [6.45, 7) is 2.76. The quantitative estimate of drug-likeness (QED) is 0.877. The number of nitrogens with zero attached hydrogens (tertiary/aromatic N) is 4. The SMILES string of the molecule is Cc1ncncc1C(=O)N1CCC(c2[nH]ncc2S(C)(=O)=O)C1. The first kappa shape index (κ1) is 15.6. The number of rotatable bonds is 3. The standard InChI is InChI=1S/C14H17N5O3S/c1-9-11(5-15-8-16-9)14(20)19-4-3-10(7-19)13-12(6-17-18-13)23(2,21)22/h5-6,8,10H,3-4,7H2,1-2H3,(H,17,18). The van der Waals surface area contributed by atoms with E-state index < -0.39 is 9.84 Å². The number of carbonyl (C=O) groups is 1. The number of hydrogen-bond donors (Lipinski definition) is 1. The van der Waals surface area contributed by atoms with Gasteiger partial charge in [0.1, 0.15) is 11.2 Å². The van der Waals surface area contributed by atoms with Gasteiger partial charge in [-0.3, -0.25) is 9.89 Å². The fourth-order valence-corrected chi connectivity index (χ4v) is 3.68. The molecule has 1 N–H and O–H groups in total. The molecule has 0 radical (unpaired) electrons. The van der Waals surface area contributed by atoms with Crippen molar-refractivity contribution in [2.24, 2.45) is 0 Å². The Labute approximate surface area is 133 Å². The first-order valence-corrected chi connectivity index (χ1v) is 9.06. The Kier molecular flexibility index (Phi) is 3.88. The maximum absolute atomic E-state index is 12.6. The van der Waals surface area contributed by atoms with Crippen LogP contribution >= 0.6 is 0 Å². The highest BCUT2D eigenvalue weighted by Gasteiger charge is 2.32. The van der Waals surface area contributed by atoms with Crippen LogP contribution in [0.4, 0.5) is 0 Å². The molecule has 23 heavy (non-hydrogen) atoms. The molecule has 2 aromatic rings. The molecule has 1 saturated heterocycles. The summed E-state index contributed by atoms with van der Waals surface area (Å²) in [7, 11) is -3.34. The zero-order valence-electron chi connectivity index (χ0n) is 12.9. The zero-order valence-corrected chi connectivity index (χ0v) is 13.7. The Morgan fingerprint density at radius 1 is 1.39 bits per heavy atom. The summed E-state index contributed by atoms with van der Waals surface area (Å²) in [5.74, 6) is -0.206. The fourth-order valence-electron chi connectivity index (χ4n) is 2.82. The van der Waals surface area contributed by atoms with Crippen molar-refractivity contribution in [2.45, 2.75) is 24.2 Å². The Balaban J connectivity index is 1.81. The maximum Gasteiger partial charge on any atom is 0.257 e. The van der Waals surface area contributed by atoms with Crippen molar-refractivity contribution in [3.63, 3.8) is 0 Å². The molecule has 8 nitrogen and oxygen atoms in total. The molecule has 1 atom stereocenters. The predicted molar refractivity (Wildman–Crippen MR) is 81.7 cm³/mol. The van der Waals surface area contributed by atoms with Crippen LogP contribution in [0.1, 0.15) is 34.1 Å². The van der Waals surface area contributed by atoms with Crippen LogP contribution in [-0.2, 0) is 9.84 Å². The molecule has 0 bridgehead atoms. The van der Waals surface area contributed by atoms with Gasteiger partial charge in [-0.1, -0.05) is 0 Å². The van der Waals surface area contributed by atoms with Crippen molar-refractivity contribution in [1.82, 2.24) is 25.1 Å². The smallest absolute Gasteiger partial charge is 0.257 e. The van der Waals surface area contributed by atoms with Gasteiger partial charge in [0.15, 0.2) is 9.84 Å². The van der Waals surface area contributed by atoms with Gasteiger partial charge in [0.25, 0.3) is 5.91 Å². The predicted octanol–water partition coefficient (Wildman–Crippen LogP) is 0.541. The van der Waals surface area contributed by atoms with Crippen molar-refractivity contribution in [3.8, 4) is 0 Å². The number of amides is 1. The summed E-state index contributed by atoms with van der Waals surface area (Å²) in [6.07, 6.45) is 6.08. The lowest BCUT2D eigenvalue weighted by Crippen LogP contribution is -2.29. The van der Waals surface area contributed by atoms with E-state index in [1.54, 1.807) is 11.8 Å². The van der Waals surface area contributed by atoms with Gasteiger partial charge in [-0.05, 0) is 13.3 Å². The maximum atomic E-state index is 12.6. The van der Waals surface area contributed by atoms with Crippen LogP contribution in [0.25, 0.3) is 0 Å². The third-order valence-electron chi connectivity index (χ3n) is 4.06. The summed E-state index contributed by atoms with van der Waals surface area (Å²) in [4.78, 5) is 22.4. The lowest BCUT2D eigenvalue weighted by Gasteiger charge is -2.17. The summed E-state index contributed by atoms with van der Waals surface area (Å²) in [5, 5.41) is 6.62. The second-order valence-corrected chi connectivity index (χ2v) is 7.66. The minimum Gasteiger partial charge on any atom is -0.338 e. The second kappa shape index (κ2) is 5.73.